The minimum atomic E-state index is -5.58. The molecule has 5 aromatic rings. The average molecular weight is 507 g/mol. The van der Waals surface area contributed by atoms with E-state index in [0.29, 0.717) is 16.3 Å². The zero-order chi connectivity index (χ0) is 24.4. The number of hydrogen-bond acceptors (Lipinski definition) is 5. The van der Waals surface area contributed by atoms with Crippen LogP contribution < -0.4 is 5.63 Å². The standard InChI is InChI=1S/C23H14ClF3N2O4S/c1-12-4-7-18-16(9-12)19-15-3-2-8-28-21(15)33-22(30)20(19)29(18)11-13-10-14(5-6-17(13)24)34(31,32)23(25,26)27/h2-10H,11H2,1H3. The summed E-state index contributed by atoms with van der Waals surface area (Å²) in [5, 5.41) is 1.94. The van der Waals surface area contributed by atoms with Crippen molar-refractivity contribution in [3.63, 3.8) is 0 Å². The zero-order valence-corrected chi connectivity index (χ0v) is 18.9. The topological polar surface area (TPSA) is 82.2 Å². The molecule has 3 aromatic heterocycles. The third kappa shape index (κ3) is 3.36. The van der Waals surface area contributed by atoms with Gasteiger partial charge in [-0.2, -0.15) is 13.2 Å². The third-order valence-electron chi connectivity index (χ3n) is 5.60. The van der Waals surface area contributed by atoms with Gasteiger partial charge in [0.1, 0.15) is 5.52 Å². The van der Waals surface area contributed by atoms with Crippen LogP contribution in [0, 0.1) is 6.92 Å². The molecular formula is C23H14ClF3N2O4S. The Morgan fingerprint density at radius 1 is 1.09 bits per heavy atom. The van der Waals surface area contributed by atoms with E-state index in [0.717, 1.165) is 29.1 Å². The molecule has 6 nitrogen and oxygen atoms in total. The van der Waals surface area contributed by atoms with Crippen molar-refractivity contribution in [2.75, 3.05) is 0 Å². The molecule has 34 heavy (non-hydrogen) atoms. The van der Waals surface area contributed by atoms with Crippen molar-refractivity contribution in [1.82, 2.24) is 9.55 Å². The highest BCUT2D eigenvalue weighted by Gasteiger charge is 2.47. The lowest BCUT2D eigenvalue weighted by Gasteiger charge is -2.13. The quantitative estimate of drug-likeness (QED) is 0.318. The van der Waals surface area contributed by atoms with Crippen LogP contribution in [0.3, 0.4) is 0 Å². The Labute approximate surface area is 195 Å². The van der Waals surface area contributed by atoms with Gasteiger partial charge in [-0.05, 0) is 55.0 Å². The Hall–Kier alpha value is -3.37. The van der Waals surface area contributed by atoms with E-state index in [9.17, 15) is 26.4 Å². The summed E-state index contributed by atoms with van der Waals surface area (Å²) in [6.45, 7) is 1.72. The number of nitrogens with zero attached hydrogens (tertiary/aromatic N) is 2. The van der Waals surface area contributed by atoms with Crippen LogP contribution in [0.25, 0.3) is 32.9 Å². The summed E-state index contributed by atoms with van der Waals surface area (Å²) < 4.78 is 70.1. The van der Waals surface area contributed by atoms with Crippen molar-refractivity contribution >= 4 is 54.3 Å². The summed E-state index contributed by atoms with van der Waals surface area (Å²) in [7, 11) is -5.58. The molecule has 0 spiro atoms. The SMILES string of the molecule is Cc1ccc2c(c1)c1c3cccnc3oc(=O)c1n2Cc1cc(S(=O)(=O)C(F)(F)F)ccc1Cl. The van der Waals surface area contributed by atoms with E-state index in [4.69, 9.17) is 16.0 Å². The van der Waals surface area contributed by atoms with Crippen LogP contribution in [-0.4, -0.2) is 23.5 Å². The molecule has 0 N–H and O–H groups in total. The molecule has 0 atom stereocenters. The number of aromatic nitrogens is 2. The molecule has 0 radical (unpaired) electrons. The van der Waals surface area contributed by atoms with Gasteiger partial charge in [-0.3, -0.25) is 0 Å². The molecule has 0 saturated carbocycles. The van der Waals surface area contributed by atoms with Crippen LogP contribution in [0.4, 0.5) is 13.2 Å². The maximum Gasteiger partial charge on any atom is 0.501 e. The van der Waals surface area contributed by atoms with Gasteiger partial charge in [-0.1, -0.05) is 23.2 Å². The lowest BCUT2D eigenvalue weighted by atomic mass is 10.1. The minimum Gasteiger partial charge on any atom is -0.402 e. The number of benzene rings is 2. The summed E-state index contributed by atoms with van der Waals surface area (Å²) in [6, 6.07) is 11.7. The molecule has 174 valence electrons. The second-order valence-electron chi connectivity index (χ2n) is 7.78. The van der Waals surface area contributed by atoms with Gasteiger partial charge in [0.15, 0.2) is 0 Å². The first-order chi connectivity index (χ1) is 16.0. The molecule has 0 aliphatic heterocycles. The van der Waals surface area contributed by atoms with Crippen molar-refractivity contribution in [2.24, 2.45) is 0 Å². The van der Waals surface area contributed by atoms with Gasteiger partial charge in [0.2, 0.25) is 5.71 Å². The zero-order valence-electron chi connectivity index (χ0n) is 17.4. The molecule has 5 rings (SSSR count). The van der Waals surface area contributed by atoms with Crippen molar-refractivity contribution in [3.8, 4) is 0 Å². The minimum absolute atomic E-state index is 0.0510. The van der Waals surface area contributed by atoms with Gasteiger partial charge < -0.3 is 8.98 Å². The molecule has 0 fully saturated rings. The Morgan fingerprint density at radius 3 is 2.59 bits per heavy atom. The summed E-state index contributed by atoms with van der Waals surface area (Å²) in [5.41, 5.74) is -4.21. The molecule has 0 bridgehead atoms. The van der Waals surface area contributed by atoms with E-state index in [-0.39, 0.29) is 28.4 Å². The molecule has 3 heterocycles. The van der Waals surface area contributed by atoms with Crippen LogP contribution in [0.1, 0.15) is 11.1 Å². The first-order valence-corrected chi connectivity index (χ1v) is 11.8. The number of hydrogen-bond donors (Lipinski definition) is 0. The molecule has 2 aromatic carbocycles. The molecule has 0 aliphatic carbocycles. The summed E-state index contributed by atoms with van der Waals surface area (Å²) in [4.78, 5) is 16.2. The lowest BCUT2D eigenvalue weighted by molar-refractivity contribution is -0.0436. The number of aryl methyl sites for hydroxylation is 1. The predicted molar refractivity (Wildman–Crippen MR) is 122 cm³/mol. The molecular weight excluding hydrogens is 493 g/mol. The van der Waals surface area contributed by atoms with Crippen LogP contribution in [0.5, 0.6) is 0 Å². The molecule has 0 amide bonds. The maximum absolute atomic E-state index is 13.1. The molecule has 11 heteroatoms. The highest BCUT2D eigenvalue weighted by atomic mass is 35.5. The molecule has 0 saturated heterocycles. The van der Waals surface area contributed by atoms with E-state index in [1.54, 1.807) is 22.8 Å². The molecule has 0 aliphatic rings. The van der Waals surface area contributed by atoms with Gasteiger partial charge in [0, 0.05) is 39.4 Å². The largest absolute Gasteiger partial charge is 0.501 e. The highest BCUT2D eigenvalue weighted by Crippen LogP contribution is 2.36. The number of halogens is 4. The van der Waals surface area contributed by atoms with Crippen LogP contribution in [-0.2, 0) is 16.4 Å². The Morgan fingerprint density at radius 2 is 1.85 bits per heavy atom. The van der Waals surface area contributed by atoms with Crippen molar-refractivity contribution < 1.29 is 26.0 Å². The second kappa shape index (κ2) is 7.57. The fraction of sp³-hybridized carbons (Fsp3) is 0.130. The monoisotopic (exact) mass is 506 g/mol. The summed E-state index contributed by atoms with van der Waals surface area (Å²) >= 11 is 6.24. The van der Waals surface area contributed by atoms with Crippen molar-refractivity contribution in [3.05, 3.63) is 81.3 Å². The van der Waals surface area contributed by atoms with Crippen LogP contribution in [0.2, 0.25) is 5.02 Å². The first kappa shape index (κ1) is 22.4. The van der Waals surface area contributed by atoms with Gasteiger partial charge in [-0.25, -0.2) is 18.2 Å². The van der Waals surface area contributed by atoms with E-state index < -0.39 is 25.9 Å². The van der Waals surface area contributed by atoms with Gasteiger partial charge in [-0.15, -0.1) is 0 Å². The van der Waals surface area contributed by atoms with E-state index in [1.165, 1.54) is 6.20 Å². The van der Waals surface area contributed by atoms with Crippen LogP contribution >= 0.6 is 11.6 Å². The van der Waals surface area contributed by atoms with Gasteiger partial charge >= 0.3 is 11.1 Å². The summed E-state index contributed by atoms with van der Waals surface area (Å²) in [5.74, 6) is 0. The van der Waals surface area contributed by atoms with Gasteiger partial charge in [0.05, 0.1) is 4.90 Å². The Kier molecular flexibility index (Phi) is 4.99. The van der Waals surface area contributed by atoms with Crippen molar-refractivity contribution in [1.29, 1.82) is 0 Å². The van der Waals surface area contributed by atoms with E-state index in [1.807, 2.05) is 19.1 Å². The van der Waals surface area contributed by atoms with E-state index >= 15 is 0 Å². The number of fused-ring (bicyclic) bond motifs is 5. The first-order valence-electron chi connectivity index (χ1n) is 9.89. The third-order valence-corrected chi connectivity index (χ3v) is 7.46. The predicted octanol–water partition coefficient (Wildman–Crippen LogP) is 5.60. The Balaban J connectivity index is 1.82. The smallest absolute Gasteiger partial charge is 0.402 e. The molecule has 0 unspecified atom stereocenters. The fourth-order valence-electron chi connectivity index (χ4n) is 4.06. The lowest BCUT2D eigenvalue weighted by Crippen LogP contribution is -2.23. The second-order valence-corrected chi connectivity index (χ2v) is 10.1. The number of alkyl halides is 3. The van der Waals surface area contributed by atoms with Crippen LogP contribution in [0.15, 0.2) is 68.8 Å². The fourth-order valence-corrected chi connectivity index (χ4v) is 5.05. The normalized spacial score (nSPS) is 12.7. The Bertz CT molecular complexity index is 1790. The number of pyridine rings is 1. The maximum atomic E-state index is 13.1. The van der Waals surface area contributed by atoms with Gasteiger partial charge in [0.25, 0.3) is 9.84 Å². The average Bonchev–Trinajstić information content (AvgIpc) is 3.08. The highest BCUT2D eigenvalue weighted by molar-refractivity contribution is 7.92. The number of rotatable bonds is 3. The number of sulfone groups is 1. The van der Waals surface area contributed by atoms with E-state index in [2.05, 4.69) is 4.98 Å². The van der Waals surface area contributed by atoms with Crippen molar-refractivity contribution in [2.45, 2.75) is 23.9 Å². The summed E-state index contributed by atoms with van der Waals surface area (Å²) in [6.07, 6.45) is 1.49.